The number of nitro benzene ring substituents is 1. The third-order valence-electron chi connectivity index (χ3n) is 4.15. The SMILES string of the molecule is CC(CN1CCOCC1)Nc1cc(C#N)c2cc([N+](=O)[O-])ccc2n1. The van der Waals surface area contributed by atoms with Gasteiger partial charge >= 0.3 is 0 Å². The number of hydrogen-bond acceptors (Lipinski definition) is 7. The largest absolute Gasteiger partial charge is 0.379 e. The van der Waals surface area contributed by atoms with Crippen molar-refractivity contribution in [1.29, 1.82) is 5.26 Å². The van der Waals surface area contributed by atoms with Crippen LogP contribution < -0.4 is 5.32 Å². The van der Waals surface area contributed by atoms with Gasteiger partial charge in [0.15, 0.2) is 0 Å². The lowest BCUT2D eigenvalue weighted by molar-refractivity contribution is -0.384. The molecule has 1 N–H and O–H groups in total. The van der Waals surface area contributed by atoms with Crippen LogP contribution in [0.5, 0.6) is 0 Å². The minimum atomic E-state index is -0.475. The van der Waals surface area contributed by atoms with E-state index in [9.17, 15) is 15.4 Å². The molecule has 8 nitrogen and oxygen atoms in total. The van der Waals surface area contributed by atoms with Gasteiger partial charge in [-0.25, -0.2) is 4.98 Å². The van der Waals surface area contributed by atoms with Crippen LogP contribution in [0.4, 0.5) is 11.5 Å². The van der Waals surface area contributed by atoms with E-state index in [1.807, 2.05) is 0 Å². The highest BCUT2D eigenvalue weighted by molar-refractivity contribution is 5.88. The molecule has 1 saturated heterocycles. The van der Waals surface area contributed by atoms with Crippen LogP contribution in [0.1, 0.15) is 12.5 Å². The van der Waals surface area contributed by atoms with Gasteiger partial charge in [0.25, 0.3) is 5.69 Å². The first-order chi connectivity index (χ1) is 12.1. The molecule has 0 saturated carbocycles. The number of aromatic nitrogens is 1. The van der Waals surface area contributed by atoms with Crippen LogP contribution in [-0.4, -0.2) is 53.7 Å². The van der Waals surface area contributed by atoms with E-state index in [-0.39, 0.29) is 11.7 Å². The average molecular weight is 341 g/mol. The smallest absolute Gasteiger partial charge is 0.270 e. The van der Waals surface area contributed by atoms with Crippen molar-refractivity contribution < 1.29 is 9.66 Å². The van der Waals surface area contributed by atoms with Crippen LogP contribution in [0, 0.1) is 21.4 Å². The second kappa shape index (κ2) is 7.42. The second-order valence-corrected chi connectivity index (χ2v) is 6.08. The molecule has 1 aliphatic heterocycles. The second-order valence-electron chi connectivity index (χ2n) is 6.08. The van der Waals surface area contributed by atoms with E-state index in [1.54, 1.807) is 12.1 Å². The van der Waals surface area contributed by atoms with Gasteiger partial charge in [-0.3, -0.25) is 15.0 Å². The third-order valence-corrected chi connectivity index (χ3v) is 4.15. The zero-order valence-corrected chi connectivity index (χ0v) is 13.9. The van der Waals surface area contributed by atoms with Crippen molar-refractivity contribution in [3.63, 3.8) is 0 Å². The number of nitro groups is 1. The number of nitrogens with zero attached hydrogens (tertiary/aromatic N) is 4. The third kappa shape index (κ3) is 4.02. The number of pyridine rings is 1. The number of hydrogen-bond donors (Lipinski definition) is 1. The molecule has 0 aliphatic carbocycles. The van der Waals surface area contributed by atoms with Crippen molar-refractivity contribution in [1.82, 2.24) is 9.88 Å². The van der Waals surface area contributed by atoms with Crippen molar-refractivity contribution in [3.8, 4) is 6.07 Å². The maximum Gasteiger partial charge on any atom is 0.270 e. The van der Waals surface area contributed by atoms with E-state index in [0.717, 1.165) is 32.8 Å². The highest BCUT2D eigenvalue weighted by atomic mass is 16.6. The summed E-state index contributed by atoms with van der Waals surface area (Å²) in [5.74, 6) is 0.596. The fraction of sp³-hybridized carbons (Fsp3) is 0.412. The molecule has 0 radical (unpaired) electrons. The van der Waals surface area contributed by atoms with Crippen LogP contribution in [0.15, 0.2) is 24.3 Å². The van der Waals surface area contributed by atoms with Gasteiger partial charge in [0.1, 0.15) is 5.82 Å². The van der Waals surface area contributed by atoms with Gasteiger partial charge in [-0.1, -0.05) is 0 Å². The quantitative estimate of drug-likeness (QED) is 0.656. The first kappa shape index (κ1) is 17.1. The standard InChI is InChI=1S/C17H19N5O3/c1-12(11-21-4-6-25-7-5-21)19-17-8-13(10-18)15-9-14(22(23)24)2-3-16(15)20-17/h2-3,8-9,12H,4-7,11H2,1H3,(H,19,20). The fourth-order valence-corrected chi connectivity index (χ4v) is 2.96. The number of morpholine rings is 1. The number of anilines is 1. The van der Waals surface area contributed by atoms with Crippen molar-refractivity contribution >= 4 is 22.4 Å². The summed E-state index contributed by atoms with van der Waals surface area (Å²) in [5, 5.41) is 24.1. The lowest BCUT2D eigenvalue weighted by Crippen LogP contribution is -2.42. The molecule has 2 aromatic rings. The Hall–Kier alpha value is -2.76. The molecule has 130 valence electrons. The molecule has 2 heterocycles. The monoisotopic (exact) mass is 341 g/mol. The van der Waals surface area contributed by atoms with Gasteiger partial charge in [0.05, 0.1) is 35.3 Å². The molecule has 1 aromatic heterocycles. The van der Waals surface area contributed by atoms with Crippen molar-refractivity contribution in [2.45, 2.75) is 13.0 Å². The number of benzene rings is 1. The Balaban J connectivity index is 1.81. The van der Waals surface area contributed by atoms with Crippen LogP contribution in [-0.2, 0) is 4.74 Å². The van der Waals surface area contributed by atoms with Gasteiger partial charge in [-0.05, 0) is 19.1 Å². The summed E-state index contributed by atoms with van der Waals surface area (Å²) in [4.78, 5) is 17.3. The zero-order valence-electron chi connectivity index (χ0n) is 13.9. The van der Waals surface area contributed by atoms with Crippen molar-refractivity contribution in [2.75, 3.05) is 38.2 Å². The summed E-state index contributed by atoms with van der Waals surface area (Å²) in [5.41, 5.74) is 0.882. The maximum absolute atomic E-state index is 10.9. The summed E-state index contributed by atoms with van der Waals surface area (Å²) < 4.78 is 5.35. The highest BCUT2D eigenvalue weighted by Gasteiger charge is 2.16. The number of nitrogens with one attached hydrogen (secondary N) is 1. The van der Waals surface area contributed by atoms with Gasteiger partial charge in [0.2, 0.25) is 0 Å². The Bertz CT molecular complexity index is 827. The number of ether oxygens (including phenoxy) is 1. The molecule has 0 amide bonds. The van der Waals surface area contributed by atoms with Gasteiger partial charge in [-0.2, -0.15) is 5.26 Å². The molecular weight excluding hydrogens is 322 g/mol. The average Bonchev–Trinajstić information content (AvgIpc) is 2.61. The fourth-order valence-electron chi connectivity index (χ4n) is 2.96. The van der Waals surface area contributed by atoms with E-state index in [4.69, 9.17) is 4.74 Å². The highest BCUT2D eigenvalue weighted by Crippen LogP contribution is 2.25. The van der Waals surface area contributed by atoms with Gasteiger partial charge in [0, 0.05) is 43.2 Å². The Morgan fingerprint density at radius 3 is 2.88 bits per heavy atom. The first-order valence-electron chi connectivity index (χ1n) is 8.13. The normalized spacial score (nSPS) is 16.3. The summed E-state index contributed by atoms with van der Waals surface area (Å²) in [6.07, 6.45) is 0. The summed E-state index contributed by atoms with van der Waals surface area (Å²) >= 11 is 0. The van der Waals surface area contributed by atoms with Gasteiger partial charge < -0.3 is 10.1 Å². The Morgan fingerprint density at radius 2 is 2.20 bits per heavy atom. The summed E-state index contributed by atoms with van der Waals surface area (Å²) in [6, 6.07) is 8.25. The number of non-ortho nitro benzene ring substituents is 1. The first-order valence-corrected chi connectivity index (χ1v) is 8.13. The Labute approximate surface area is 145 Å². The molecule has 1 atom stereocenters. The van der Waals surface area contributed by atoms with Gasteiger partial charge in [-0.15, -0.1) is 0 Å². The van der Waals surface area contributed by atoms with E-state index >= 15 is 0 Å². The molecule has 0 bridgehead atoms. The number of rotatable bonds is 5. The Kier molecular flexibility index (Phi) is 5.07. The molecular formula is C17H19N5O3. The number of fused-ring (bicyclic) bond motifs is 1. The van der Waals surface area contributed by atoms with E-state index in [0.29, 0.717) is 22.3 Å². The molecule has 0 spiro atoms. The van der Waals surface area contributed by atoms with E-state index in [1.165, 1.54) is 12.1 Å². The zero-order chi connectivity index (χ0) is 17.8. The van der Waals surface area contributed by atoms with Crippen LogP contribution in [0.3, 0.4) is 0 Å². The van der Waals surface area contributed by atoms with Crippen LogP contribution in [0.25, 0.3) is 10.9 Å². The predicted octanol–water partition coefficient (Wildman–Crippen LogP) is 2.15. The van der Waals surface area contributed by atoms with E-state index in [2.05, 4.69) is 28.2 Å². The van der Waals surface area contributed by atoms with E-state index < -0.39 is 4.92 Å². The van der Waals surface area contributed by atoms with Crippen LogP contribution >= 0.6 is 0 Å². The number of nitriles is 1. The molecule has 8 heteroatoms. The topological polar surface area (TPSA) is 104 Å². The summed E-state index contributed by atoms with van der Waals surface area (Å²) in [6.45, 7) is 6.22. The van der Waals surface area contributed by atoms with Crippen LogP contribution in [0.2, 0.25) is 0 Å². The minimum absolute atomic E-state index is 0.0489. The minimum Gasteiger partial charge on any atom is -0.379 e. The molecule has 1 fully saturated rings. The molecule has 25 heavy (non-hydrogen) atoms. The lowest BCUT2D eigenvalue weighted by atomic mass is 10.1. The molecule has 3 rings (SSSR count). The van der Waals surface area contributed by atoms with Crippen molar-refractivity contribution in [2.24, 2.45) is 0 Å². The molecule has 1 aromatic carbocycles. The predicted molar refractivity (Wildman–Crippen MR) is 93.5 cm³/mol. The molecule has 1 unspecified atom stereocenters. The lowest BCUT2D eigenvalue weighted by Gasteiger charge is -2.29. The molecule has 1 aliphatic rings. The summed E-state index contributed by atoms with van der Waals surface area (Å²) in [7, 11) is 0. The maximum atomic E-state index is 10.9. The van der Waals surface area contributed by atoms with Crippen molar-refractivity contribution in [3.05, 3.63) is 39.9 Å². The Morgan fingerprint density at radius 1 is 1.44 bits per heavy atom.